The molecule has 0 aliphatic carbocycles. The van der Waals surface area contributed by atoms with Crippen molar-refractivity contribution in [2.24, 2.45) is 0 Å². The van der Waals surface area contributed by atoms with Gasteiger partial charge in [-0.05, 0) is 13.0 Å². The summed E-state index contributed by atoms with van der Waals surface area (Å²) in [5.74, 6) is -1.04. The molecule has 2 aromatic rings. The first-order valence-corrected chi connectivity index (χ1v) is 3.51. The molecular weight excluding hydrogens is 159 g/mol. The third kappa shape index (κ3) is 0.845. The number of hydrogen-bond acceptors (Lipinski definition) is 2. The van der Waals surface area contributed by atoms with Gasteiger partial charge in [0.05, 0.1) is 11.6 Å². The van der Waals surface area contributed by atoms with E-state index in [1.165, 1.54) is 0 Å². The van der Waals surface area contributed by atoms with Crippen LogP contribution in [0, 0.1) is 12.7 Å². The molecule has 0 aliphatic heterocycles. The standard InChI is InChI=1S/C8H7FN2O/c1-4-2-5-7(9)6(12)3-10-8(5)11-4/h2-3,12H,1H3,(H,10,11). The molecule has 0 fully saturated rings. The van der Waals surface area contributed by atoms with E-state index in [1.54, 1.807) is 13.0 Å². The first kappa shape index (κ1) is 7.09. The Morgan fingerprint density at radius 2 is 2.33 bits per heavy atom. The van der Waals surface area contributed by atoms with Crippen molar-refractivity contribution in [3.05, 3.63) is 23.8 Å². The number of nitrogens with one attached hydrogen (secondary N) is 1. The number of pyridine rings is 1. The van der Waals surface area contributed by atoms with Crippen LogP contribution in [0.15, 0.2) is 12.3 Å². The highest BCUT2D eigenvalue weighted by Crippen LogP contribution is 2.23. The lowest BCUT2D eigenvalue weighted by Crippen LogP contribution is -1.81. The molecule has 2 rings (SSSR count). The van der Waals surface area contributed by atoms with Crippen molar-refractivity contribution < 1.29 is 9.50 Å². The summed E-state index contributed by atoms with van der Waals surface area (Å²) in [5.41, 5.74) is 1.28. The van der Waals surface area contributed by atoms with Crippen LogP contribution in [-0.2, 0) is 0 Å². The Bertz CT molecular complexity index is 436. The van der Waals surface area contributed by atoms with Crippen LogP contribution >= 0.6 is 0 Å². The summed E-state index contributed by atoms with van der Waals surface area (Å²) in [6.45, 7) is 1.80. The smallest absolute Gasteiger partial charge is 0.177 e. The average molecular weight is 166 g/mol. The third-order valence-corrected chi connectivity index (χ3v) is 1.71. The molecule has 0 aliphatic rings. The molecule has 2 heterocycles. The number of fused-ring (bicyclic) bond motifs is 1. The largest absolute Gasteiger partial charge is 0.504 e. The lowest BCUT2D eigenvalue weighted by atomic mass is 10.3. The lowest BCUT2D eigenvalue weighted by Gasteiger charge is -1.93. The van der Waals surface area contributed by atoms with Crippen LogP contribution in [-0.4, -0.2) is 15.1 Å². The van der Waals surface area contributed by atoms with Crippen LogP contribution in [0.25, 0.3) is 11.0 Å². The summed E-state index contributed by atoms with van der Waals surface area (Å²) >= 11 is 0. The first-order chi connectivity index (χ1) is 5.68. The van der Waals surface area contributed by atoms with E-state index in [2.05, 4.69) is 9.97 Å². The summed E-state index contributed by atoms with van der Waals surface area (Å²) in [6, 6.07) is 1.61. The minimum atomic E-state index is -0.621. The van der Waals surface area contributed by atoms with Gasteiger partial charge >= 0.3 is 0 Å². The number of aromatic nitrogens is 2. The van der Waals surface area contributed by atoms with Crippen LogP contribution in [0.3, 0.4) is 0 Å². The molecule has 0 radical (unpaired) electrons. The Morgan fingerprint density at radius 1 is 1.58 bits per heavy atom. The predicted molar refractivity (Wildman–Crippen MR) is 42.5 cm³/mol. The molecule has 0 spiro atoms. The normalized spacial score (nSPS) is 10.8. The number of rotatable bonds is 0. The fourth-order valence-electron chi connectivity index (χ4n) is 1.16. The zero-order valence-corrected chi connectivity index (χ0v) is 6.43. The molecule has 0 unspecified atom stereocenters. The molecule has 0 aromatic carbocycles. The van der Waals surface area contributed by atoms with Gasteiger partial charge in [0.2, 0.25) is 0 Å². The summed E-state index contributed by atoms with van der Waals surface area (Å²) in [4.78, 5) is 6.68. The Kier molecular flexibility index (Phi) is 1.30. The van der Waals surface area contributed by atoms with E-state index < -0.39 is 11.6 Å². The molecule has 0 atom stereocenters. The van der Waals surface area contributed by atoms with Gasteiger partial charge in [-0.25, -0.2) is 9.37 Å². The van der Waals surface area contributed by atoms with E-state index in [-0.39, 0.29) is 0 Å². The summed E-state index contributed by atoms with van der Waals surface area (Å²) < 4.78 is 13.1. The Labute approximate surface area is 67.9 Å². The number of halogens is 1. The second kappa shape index (κ2) is 2.20. The molecule has 4 heteroatoms. The average Bonchev–Trinajstić information content (AvgIpc) is 2.39. The highest BCUT2D eigenvalue weighted by atomic mass is 19.1. The SMILES string of the molecule is Cc1cc2c(F)c(O)cnc2[nH]1. The monoisotopic (exact) mass is 166 g/mol. The van der Waals surface area contributed by atoms with Crippen molar-refractivity contribution in [3.8, 4) is 5.75 Å². The Hall–Kier alpha value is -1.58. The van der Waals surface area contributed by atoms with Crippen LogP contribution in [0.1, 0.15) is 5.69 Å². The summed E-state index contributed by atoms with van der Waals surface area (Å²) in [6.07, 6.45) is 1.09. The zero-order chi connectivity index (χ0) is 8.72. The van der Waals surface area contributed by atoms with Crippen molar-refractivity contribution >= 4 is 11.0 Å². The number of H-pyrrole nitrogens is 1. The molecule has 12 heavy (non-hydrogen) atoms. The second-order valence-electron chi connectivity index (χ2n) is 2.67. The number of aromatic hydroxyl groups is 1. The third-order valence-electron chi connectivity index (χ3n) is 1.71. The lowest BCUT2D eigenvalue weighted by molar-refractivity contribution is 0.434. The van der Waals surface area contributed by atoms with Crippen LogP contribution in [0.4, 0.5) is 4.39 Å². The van der Waals surface area contributed by atoms with Crippen molar-refractivity contribution in [2.45, 2.75) is 6.92 Å². The summed E-state index contributed by atoms with van der Waals surface area (Å²) in [7, 11) is 0. The highest BCUT2D eigenvalue weighted by molar-refractivity contribution is 5.78. The van der Waals surface area contributed by atoms with Crippen molar-refractivity contribution in [3.63, 3.8) is 0 Å². The van der Waals surface area contributed by atoms with Gasteiger partial charge in [-0.3, -0.25) is 0 Å². The highest BCUT2D eigenvalue weighted by Gasteiger charge is 2.08. The van der Waals surface area contributed by atoms with E-state index in [9.17, 15) is 4.39 Å². The van der Waals surface area contributed by atoms with Crippen molar-refractivity contribution in [2.75, 3.05) is 0 Å². The van der Waals surface area contributed by atoms with Crippen LogP contribution in [0.2, 0.25) is 0 Å². The maximum absolute atomic E-state index is 13.1. The topological polar surface area (TPSA) is 48.9 Å². The molecular formula is C8H7FN2O. The quantitative estimate of drug-likeness (QED) is 0.626. The van der Waals surface area contributed by atoms with Crippen LogP contribution in [0.5, 0.6) is 5.75 Å². The number of hydrogen-bond donors (Lipinski definition) is 2. The molecule has 0 saturated heterocycles. The van der Waals surface area contributed by atoms with Crippen molar-refractivity contribution in [1.82, 2.24) is 9.97 Å². The van der Waals surface area contributed by atoms with Crippen molar-refractivity contribution in [1.29, 1.82) is 0 Å². The number of nitrogens with zero attached hydrogens (tertiary/aromatic N) is 1. The van der Waals surface area contributed by atoms with E-state index in [0.29, 0.717) is 11.0 Å². The molecule has 2 N–H and O–H groups in total. The van der Waals surface area contributed by atoms with Gasteiger partial charge in [0.25, 0.3) is 0 Å². The Morgan fingerprint density at radius 3 is 3.08 bits per heavy atom. The van der Waals surface area contributed by atoms with Gasteiger partial charge in [-0.2, -0.15) is 0 Å². The molecule has 2 aromatic heterocycles. The van der Waals surface area contributed by atoms with Gasteiger partial charge in [0.15, 0.2) is 11.6 Å². The van der Waals surface area contributed by atoms with Gasteiger partial charge in [0, 0.05) is 5.69 Å². The molecule has 0 saturated carbocycles. The van der Waals surface area contributed by atoms with E-state index in [1.807, 2.05) is 0 Å². The van der Waals surface area contributed by atoms with Gasteiger partial charge < -0.3 is 10.1 Å². The van der Waals surface area contributed by atoms with Gasteiger partial charge in [-0.15, -0.1) is 0 Å². The fourth-order valence-corrected chi connectivity index (χ4v) is 1.16. The molecule has 0 amide bonds. The first-order valence-electron chi connectivity index (χ1n) is 3.51. The fraction of sp³-hybridized carbons (Fsp3) is 0.125. The predicted octanol–water partition coefficient (Wildman–Crippen LogP) is 1.72. The van der Waals surface area contributed by atoms with Crippen LogP contribution < -0.4 is 0 Å². The maximum atomic E-state index is 13.1. The molecule has 0 bridgehead atoms. The van der Waals surface area contributed by atoms with E-state index >= 15 is 0 Å². The zero-order valence-electron chi connectivity index (χ0n) is 6.43. The minimum Gasteiger partial charge on any atom is -0.504 e. The van der Waals surface area contributed by atoms with E-state index in [0.717, 1.165) is 11.9 Å². The second-order valence-corrected chi connectivity index (χ2v) is 2.67. The molecule has 3 nitrogen and oxygen atoms in total. The minimum absolute atomic E-state index is 0.326. The van der Waals surface area contributed by atoms with Gasteiger partial charge in [0.1, 0.15) is 5.65 Å². The molecule has 62 valence electrons. The Balaban J connectivity index is 2.89. The maximum Gasteiger partial charge on any atom is 0.177 e. The van der Waals surface area contributed by atoms with E-state index in [4.69, 9.17) is 5.11 Å². The number of aryl methyl sites for hydroxylation is 1. The number of aromatic amines is 1. The van der Waals surface area contributed by atoms with Gasteiger partial charge in [-0.1, -0.05) is 0 Å². The summed E-state index contributed by atoms with van der Waals surface area (Å²) in [5, 5.41) is 9.30.